The van der Waals surface area contributed by atoms with Crippen molar-refractivity contribution in [1.82, 2.24) is 4.98 Å². The molecule has 0 atom stereocenters. The summed E-state index contributed by atoms with van der Waals surface area (Å²) in [5.74, 6) is -0.270. The fourth-order valence-corrected chi connectivity index (χ4v) is 1.92. The van der Waals surface area contributed by atoms with E-state index in [1.807, 2.05) is 19.1 Å². The lowest BCUT2D eigenvalue weighted by molar-refractivity contribution is 0.628. The van der Waals surface area contributed by atoms with Gasteiger partial charge in [-0.25, -0.2) is 4.39 Å². The second kappa shape index (κ2) is 5.73. The maximum atomic E-state index is 12.7. The molecule has 1 heterocycles. The topological polar surface area (TPSA) is 37.3 Å². The van der Waals surface area contributed by atoms with Crippen molar-refractivity contribution in [1.29, 1.82) is 0 Å². The number of hydrazone groups is 1. The normalized spacial score (nSPS) is 11.4. The first kappa shape index (κ1) is 12.7. The van der Waals surface area contributed by atoms with E-state index < -0.39 is 0 Å². The predicted octanol–water partition coefficient (Wildman–Crippen LogP) is 3.82. The molecule has 0 unspecified atom stereocenters. The van der Waals surface area contributed by atoms with E-state index in [4.69, 9.17) is 0 Å². The third kappa shape index (κ3) is 3.13. The van der Waals surface area contributed by atoms with Gasteiger partial charge in [0.25, 0.3) is 0 Å². The predicted molar refractivity (Wildman–Crippen MR) is 74.2 cm³/mol. The van der Waals surface area contributed by atoms with E-state index in [9.17, 15) is 4.39 Å². The summed E-state index contributed by atoms with van der Waals surface area (Å²) in [6.07, 6.45) is 1.71. The Morgan fingerprint density at radius 3 is 2.67 bits per heavy atom. The molecule has 0 aliphatic heterocycles. The quantitative estimate of drug-likeness (QED) is 0.691. The molecule has 3 nitrogen and oxygen atoms in total. The van der Waals surface area contributed by atoms with Crippen LogP contribution in [0.3, 0.4) is 0 Å². The monoisotopic (exact) mass is 307 g/mol. The largest absolute Gasteiger partial charge is 0.278 e. The summed E-state index contributed by atoms with van der Waals surface area (Å²) >= 11 is 3.41. The Labute approximate surface area is 113 Å². The maximum Gasteiger partial charge on any atom is 0.123 e. The standard InChI is InChI=1S/C13H11BrFN3/c1-9(13-12(14)3-2-8-16-13)17-18-11-6-4-10(15)5-7-11/h2-8,18H,1H3/b17-9-. The van der Waals surface area contributed by atoms with Gasteiger partial charge in [0.2, 0.25) is 0 Å². The van der Waals surface area contributed by atoms with Crippen LogP contribution in [0.25, 0.3) is 0 Å². The minimum Gasteiger partial charge on any atom is -0.278 e. The zero-order valence-electron chi connectivity index (χ0n) is 9.69. The van der Waals surface area contributed by atoms with E-state index in [0.29, 0.717) is 0 Å². The molecule has 1 aromatic carbocycles. The Hall–Kier alpha value is -1.75. The van der Waals surface area contributed by atoms with E-state index in [1.54, 1.807) is 18.3 Å². The lowest BCUT2D eigenvalue weighted by Gasteiger charge is -2.04. The first-order valence-electron chi connectivity index (χ1n) is 5.33. The fourth-order valence-electron chi connectivity index (χ4n) is 1.38. The minimum atomic E-state index is -0.270. The maximum absolute atomic E-state index is 12.7. The van der Waals surface area contributed by atoms with Gasteiger partial charge >= 0.3 is 0 Å². The van der Waals surface area contributed by atoms with Gasteiger partial charge in [-0.3, -0.25) is 10.4 Å². The van der Waals surface area contributed by atoms with Gasteiger partial charge in [0, 0.05) is 10.7 Å². The van der Waals surface area contributed by atoms with Gasteiger partial charge in [-0.1, -0.05) is 0 Å². The fraction of sp³-hybridized carbons (Fsp3) is 0.0769. The number of aromatic nitrogens is 1. The van der Waals surface area contributed by atoms with E-state index in [0.717, 1.165) is 21.6 Å². The van der Waals surface area contributed by atoms with Crippen LogP contribution in [-0.4, -0.2) is 10.7 Å². The van der Waals surface area contributed by atoms with Crippen molar-refractivity contribution in [2.75, 3.05) is 5.43 Å². The van der Waals surface area contributed by atoms with Crippen molar-refractivity contribution in [2.45, 2.75) is 6.92 Å². The molecule has 0 radical (unpaired) electrons. The van der Waals surface area contributed by atoms with Crippen LogP contribution in [0.4, 0.5) is 10.1 Å². The van der Waals surface area contributed by atoms with Gasteiger partial charge < -0.3 is 0 Å². The molecule has 1 aromatic heterocycles. The van der Waals surface area contributed by atoms with Gasteiger partial charge in [0.05, 0.1) is 11.4 Å². The molecule has 0 bridgehead atoms. The SMILES string of the molecule is C/C(=N/Nc1ccc(F)cc1)c1ncccc1Br. The molecule has 0 saturated carbocycles. The Balaban J connectivity index is 2.14. The van der Waals surface area contributed by atoms with Crippen molar-refractivity contribution in [2.24, 2.45) is 5.10 Å². The van der Waals surface area contributed by atoms with Gasteiger partial charge in [-0.2, -0.15) is 5.10 Å². The highest BCUT2D eigenvalue weighted by Gasteiger charge is 2.03. The second-order valence-corrected chi connectivity index (χ2v) is 4.50. The summed E-state index contributed by atoms with van der Waals surface area (Å²) in [7, 11) is 0. The molecular weight excluding hydrogens is 297 g/mol. The van der Waals surface area contributed by atoms with Crippen LogP contribution in [0.5, 0.6) is 0 Å². The number of hydrogen-bond donors (Lipinski definition) is 1. The van der Waals surface area contributed by atoms with Crippen molar-refractivity contribution < 1.29 is 4.39 Å². The number of rotatable bonds is 3. The molecule has 0 amide bonds. The lowest BCUT2D eigenvalue weighted by atomic mass is 10.2. The third-order valence-corrected chi connectivity index (χ3v) is 2.94. The molecule has 0 aliphatic carbocycles. The van der Waals surface area contributed by atoms with Gasteiger partial charge in [0.15, 0.2) is 0 Å². The average Bonchev–Trinajstić information content (AvgIpc) is 2.38. The first-order valence-corrected chi connectivity index (χ1v) is 6.13. The van der Waals surface area contributed by atoms with E-state index in [-0.39, 0.29) is 5.82 Å². The Bertz CT molecular complexity index is 567. The number of halogens is 2. The van der Waals surface area contributed by atoms with Gasteiger partial charge in [0.1, 0.15) is 11.5 Å². The van der Waals surface area contributed by atoms with E-state index in [1.165, 1.54) is 12.1 Å². The van der Waals surface area contributed by atoms with Crippen LogP contribution in [-0.2, 0) is 0 Å². The molecule has 1 N–H and O–H groups in total. The summed E-state index contributed by atoms with van der Waals surface area (Å²) in [6, 6.07) is 9.75. The number of benzene rings is 1. The second-order valence-electron chi connectivity index (χ2n) is 3.65. The average molecular weight is 308 g/mol. The van der Waals surface area contributed by atoms with Gasteiger partial charge in [-0.15, -0.1) is 0 Å². The molecule has 2 aromatic rings. The Morgan fingerprint density at radius 2 is 2.00 bits per heavy atom. The molecule has 5 heteroatoms. The number of pyridine rings is 1. The van der Waals surface area contributed by atoms with Crippen LogP contribution < -0.4 is 5.43 Å². The molecule has 0 fully saturated rings. The molecule has 0 spiro atoms. The number of anilines is 1. The smallest absolute Gasteiger partial charge is 0.123 e. The lowest BCUT2D eigenvalue weighted by Crippen LogP contribution is -2.03. The molecule has 0 saturated heterocycles. The molecule has 0 aliphatic rings. The van der Waals surface area contributed by atoms with Crippen molar-refractivity contribution in [3.05, 3.63) is 58.6 Å². The summed E-state index contributed by atoms with van der Waals surface area (Å²) in [5, 5.41) is 4.21. The highest BCUT2D eigenvalue weighted by atomic mass is 79.9. The number of hydrogen-bond acceptors (Lipinski definition) is 3. The first-order chi connectivity index (χ1) is 8.66. The number of nitrogens with zero attached hydrogens (tertiary/aromatic N) is 2. The minimum absolute atomic E-state index is 0.270. The van der Waals surface area contributed by atoms with Crippen molar-refractivity contribution in [3.8, 4) is 0 Å². The summed E-state index contributed by atoms with van der Waals surface area (Å²) in [6.45, 7) is 1.85. The van der Waals surface area contributed by atoms with E-state index >= 15 is 0 Å². The molecule has 92 valence electrons. The highest BCUT2D eigenvalue weighted by Crippen LogP contribution is 2.14. The van der Waals surface area contributed by atoms with Gasteiger partial charge in [-0.05, 0) is 59.3 Å². The summed E-state index contributed by atoms with van der Waals surface area (Å²) in [5.41, 5.74) is 5.10. The van der Waals surface area contributed by atoms with Crippen LogP contribution in [0.1, 0.15) is 12.6 Å². The zero-order chi connectivity index (χ0) is 13.0. The van der Waals surface area contributed by atoms with E-state index in [2.05, 4.69) is 31.4 Å². The highest BCUT2D eigenvalue weighted by molar-refractivity contribution is 9.10. The van der Waals surface area contributed by atoms with Crippen molar-refractivity contribution in [3.63, 3.8) is 0 Å². The number of nitrogens with one attached hydrogen (secondary N) is 1. The van der Waals surface area contributed by atoms with Crippen LogP contribution in [0, 0.1) is 5.82 Å². The molecule has 2 rings (SSSR count). The van der Waals surface area contributed by atoms with Crippen LogP contribution in [0.15, 0.2) is 52.2 Å². The third-order valence-electron chi connectivity index (χ3n) is 2.30. The Morgan fingerprint density at radius 1 is 1.28 bits per heavy atom. The molecule has 18 heavy (non-hydrogen) atoms. The summed E-state index contributed by atoms with van der Waals surface area (Å²) in [4.78, 5) is 4.23. The van der Waals surface area contributed by atoms with Crippen LogP contribution >= 0.6 is 15.9 Å². The van der Waals surface area contributed by atoms with Crippen LogP contribution in [0.2, 0.25) is 0 Å². The zero-order valence-corrected chi connectivity index (χ0v) is 11.3. The molecular formula is C13H11BrFN3. The Kier molecular flexibility index (Phi) is 4.04. The van der Waals surface area contributed by atoms with Crippen molar-refractivity contribution >= 4 is 27.3 Å². The summed E-state index contributed by atoms with van der Waals surface area (Å²) < 4.78 is 13.6.